The quantitative estimate of drug-likeness (QED) is 0.403. The second kappa shape index (κ2) is 152. The number of hydrogen-bond acceptors (Lipinski definition) is 2. The van der Waals surface area contributed by atoms with Crippen molar-refractivity contribution in [2.45, 2.75) is 0 Å². The van der Waals surface area contributed by atoms with E-state index in [2.05, 4.69) is 0 Å². The van der Waals surface area contributed by atoms with Gasteiger partial charge in [0.2, 0.25) is 0 Å². The first kappa shape index (κ1) is 17.4. The minimum absolute atomic E-state index is 0. The Hall–Kier alpha value is 0.634. The molecule has 0 heterocycles. The van der Waals surface area contributed by atoms with E-state index in [-0.39, 0.29) is 21.7 Å². The Morgan fingerprint density at radius 1 is 0.800 bits per heavy atom. The smallest absolute Gasteiger partial charge is 0.0319 e. The molecule has 0 aliphatic carbocycles. The van der Waals surface area contributed by atoms with Crippen molar-refractivity contribution in [3.8, 4) is 0 Å². The molecule has 0 aromatic carbocycles. The van der Waals surface area contributed by atoms with Crippen LogP contribution in [0.3, 0.4) is 0 Å². The molecular formula is C2H8O2Ti. The maximum Gasteiger partial charge on any atom is 0.0319 e. The molecule has 32 valence electrons. The molecule has 0 unspecified atom stereocenters. The maximum atomic E-state index is 7.00. The Morgan fingerprint density at radius 2 is 0.800 bits per heavy atom. The summed E-state index contributed by atoms with van der Waals surface area (Å²) in [6, 6.07) is 0. The summed E-state index contributed by atoms with van der Waals surface area (Å²) in [5.74, 6) is 0. The Kier molecular flexibility index (Phi) is 531. The molecule has 0 saturated carbocycles. The van der Waals surface area contributed by atoms with E-state index in [1.54, 1.807) is 0 Å². The van der Waals surface area contributed by atoms with Crippen molar-refractivity contribution in [1.29, 1.82) is 0 Å². The molecule has 2 nitrogen and oxygen atoms in total. The Bertz CT molecular complexity index is 7.61. The molecule has 0 fully saturated rings. The number of rotatable bonds is 0. The third kappa shape index (κ3) is 79.9. The van der Waals surface area contributed by atoms with Crippen molar-refractivity contribution in [1.82, 2.24) is 0 Å². The van der Waals surface area contributed by atoms with Gasteiger partial charge in [0, 0.05) is 35.9 Å². The molecule has 3 heteroatoms. The van der Waals surface area contributed by atoms with Crippen molar-refractivity contribution in [3.63, 3.8) is 0 Å². The average molecular weight is 112 g/mol. The van der Waals surface area contributed by atoms with Gasteiger partial charge in [0.25, 0.3) is 0 Å². The van der Waals surface area contributed by atoms with Crippen LogP contribution in [0, 0.1) is 0 Å². The maximum absolute atomic E-state index is 7.00. The molecule has 0 atom stereocenters. The van der Waals surface area contributed by atoms with Gasteiger partial charge < -0.3 is 10.2 Å². The molecule has 0 saturated heterocycles. The molecule has 0 aliphatic heterocycles. The van der Waals surface area contributed by atoms with E-state index in [1.807, 2.05) is 0 Å². The molecular weight excluding hydrogens is 104 g/mol. The van der Waals surface area contributed by atoms with Gasteiger partial charge in [-0.15, -0.1) is 0 Å². The third-order valence-corrected chi connectivity index (χ3v) is 0. The van der Waals surface area contributed by atoms with Crippen molar-refractivity contribution >= 4 is 0 Å². The molecule has 0 aliphatic rings. The molecule has 2 N–H and O–H groups in total. The topological polar surface area (TPSA) is 40.5 Å². The van der Waals surface area contributed by atoms with Gasteiger partial charge in [0.1, 0.15) is 0 Å². The van der Waals surface area contributed by atoms with Crippen molar-refractivity contribution in [2.24, 2.45) is 0 Å². The fraction of sp³-hybridized carbons (Fsp3) is 1.00. The van der Waals surface area contributed by atoms with Crippen LogP contribution in [0.5, 0.6) is 0 Å². The van der Waals surface area contributed by atoms with E-state index < -0.39 is 0 Å². The first-order chi connectivity index (χ1) is 2.00. The van der Waals surface area contributed by atoms with Gasteiger partial charge in [-0.1, -0.05) is 0 Å². The number of hydrogen-bond donors (Lipinski definition) is 2. The monoisotopic (exact) mass is 112 g/mol. The van der Waals surface area contributed by atoms with Crippen LogP contribution in [0.2, 0.25) is 0 Å². The molecule has 0 aromatic rings. The van der Waals surface area contributed by atoms with E-state index in [0.717, 1.165) is 14.2 Å². The van der Waals surface area contributed by atoms with Crippen molar-refractivity contribution < 1.29 is 31.9 Å². The van der Waals surface area contributed by atoms with Crippen LogP contribution >= 0.6 is 0 Å². The zero-order valence-electron chi connectivity index (χ0n) is 3.39. The van der Waals surface area contributed by atoms with Crippen LogP contribution in [-0.2, 0) is 21.7 Å². The van der Waals surface area contributed by atoms with Gasteiger partial charge in [-0.2, -0.15) is 0 Å². The van der Waals surface area contributed by atoms with Crippen LogP contribution < -0.4 is 0 Å². The number of aliphatic hydroxyl groups is 2. The standard InChI is InChI=1S/2CH4O.Ti/c2*1-2;/h2*2H,1H3;. The summed E-state index contributed by atoms with van der Waals surface area (Å²) in [6.07, 6.45) is 0. The zero-order valence-corrected chi connectivity index (χ0v) is 4.96. The van der Waals surface area contributed by atoms with Gasteiger partial charge in [0.05, 0.1) is 0 Å². The summed E-state index contributed by atoms with van der Waals surface area (Å²) in [4.78, 5) is 0. The molecule has 5 heavy (non-hydrogen) atoms. The van der Waals surface area contributed by atoms with Crippen molar-refractivity contribution in [2.75, 3.05) is 14.2 Å². The van der Waals surface area contributed by atoms with E-state index >= 15 is 0 Å². The minimum atomic E-state index is 0. The fourth-order valence-electron chi connectivity index (χ4n) is 0. The second-order valence-electron chi connectivity index (χ2n) is 0. The second-order valence-corrected chi connectivity index (χ2v) is 0. The Labute approximate surface area is 46.7 Å². The van der Waals surface area contributed by atoms with E-state index in [9.17, 15) is 0 Å². The summed E-state index contributed by atoms with van der Waals surface area (Å²) < 4.78 is 0. The summed E-state index contributed by atoms with van der Waals surface area (Å²) >= 11 is 0. The van der Waals surface area contributed by atoms with E-state index in [0.29, 0.717) is 0 Å². The molecule has 0 rings (SSSR count). The SMILES string of the molecule is CO.CO.[Ti]. The third-order valence-electron chi connectivity index (χ3n) is 0. The first-order valence-electron chi connectivity index (χ1n) is 0.894. The molecule has 0 spiro atoms. The average Bonchev–Trinajstić information content (AvgIpc) is 1.50. The largest absolute Gasteiger partial charge is 0.400 e. The van der Waals surface area contributed by atoms with Crippen LogP contribution in [0.15, 0.2) is 0 Å². The summed E-state index contributed by atoms with van der Waals surface area (Å²) in [5, 5.41) is 14.0. The van der Waals surface area contributed by atoms with Gasteiger partial charge >= 0.3 is 0 Å². The summed E-state index contributed by atoms with van der Waals surface area (Å²) in [6.45, 7) is 0. The van der Waals surface area contributed by atoms with E-state index in [4.69, 9.17) is 10.2 Å². The van der Waals surface area contributed by atoms with Crippen molar-refractivity contribution in [3.05, 3.63) is 0 Å². The normalized spacial score (nSPS) is 2.40. The minimum Gasteiger partial charge on any atom is -0.400 e. The molecule has 0 bridgehead atoms. The van der Waals surface area contributed by atoms with Gasteiger partial charge in [0.15, 0.2) is 0 Å². The summed E-state index contributed by atoms with van der Waals surface area (Å²) in [5.41, 5.74) is 0. The van der Waals surface area contributed by atoms with Crippen LogP contribution in [0.1, 0.15) is 0 Å². The zero-order chi connectivity index (χ0) is 4.00. The molecule has 0 amide bonds. The van der Waals surface area contributed by atoms with Crippen LogP contribution in [0.4, 0.5) is 0 Å². The van der Waals surface area contributed by atoms with E-state index in [1.165, 1.54) is 0 Å². The predicted molar refractivity (Wildman–Crippen MR) is 16.3 cm³/mol. The fourth-order valence-corrected chi connectivity index (χ4v) is 0. The Morgan fingerprint density at radius 3 is 0.800 bits per heavy atom. The predicted octanol–water partition coefficient (Wildman–Crippen LogP) is -0.786. The first-order valence-corrected chi connectivity index (χ1v) is 0.894. The van der Waals surface area contributed by atoms with Gasteiger partial charge in [-0.05, 0) is 0 Å². The molecule has 0 radical (unpaired) electrons. The van der Waals surface area contributed by atoms with Gasteiger partial charge in [-0.3, -0.25) is 0 Å². The van der Waals surface area contributed by atoms with Gasteiger partial charge in [-0.25, -0.2) is 0 Å². The van der Waals surface area contributed by atoms with Crippen LogP contribution in [-0.4, -0.2) is 24.4 Å². The number of aliphatic hydroxyl groups excluding tert-OH is 2. The Balaban J connectivity index is -0.0000000133. The summed E-state index contributed by atoms with van der Waals surface area (Å²) in [7, 11) is 2.00. The van der Waals surface area contributed by atoms with Crippen LogP contribution in [0.25, 0.3) is 0 Å². The molecule has 0 aromatic heterocycles.